The van der Waals surface area contributed by atoms with Gasteiger partial charge in [0.25, 0.3) is 0 Å². The van der Waals surface area contributed by atoms with Crippen molar-refractivity contribution in [1.82, 2.24) is 29.4 Å². The Bertz CT molecular complexity index is 2680. The van der Waals surface area contributed by atoms with Gasteiger partial charge in [0.1, 0.15) is 0 Å². The van der Waals surface area contributed by atoms with Gasteiger partial charge in [0.05, 0.1) is 65.8 Å². The Hall–Kier alpha value is -5.20. The van der Waals surface area contributed by atoms with E-state index in [1.807, 2.05) is 34.6 Å². The second kappa shape index (κ2) is 84.3. The molecule has 0 radical (unpaired) electrons. The van der Waals surface area contributed by atoms with Crippen LogP contribution in [0.15, 0.2) is 34.9 Å². The van der Waals surface area contributed by atoms with Gasteiger partial charge in [-0.1, -0.05) is 110 Å². The van der Waals surface area contributed by atoms with Gasteiger partial charge in [-0.15, -0.1) is 0 Å². The maximum Gasteiger partial charge on any atom is 0.305 e. The highest BCUT2D eigenvalue weighted by Crippen LogP contribution is 2.13. The van der Waals surface area contributed by atoms with Crippen LogP contribution in [-0.2, 0) is 47.7 Å². The number of esters is 5. The number of piperazine rings is 1. The van der Waals surface area contributed by atoms with Crippen molar-refractivity contribution in [3.05, 3.63) is 0 Å². The fraction of sp³-hybridized carbons (Fsp3) is 0.878. The molecule has 1 aliphatic rings. The van der Waals surface area contributed by atoms with Crippen molar-refractivity contribution in [3.8, 4) is 0 Å². The van der Waals surface area contributed by atoms with Crippen molar-refractivity contribution in [1.29, 1.82) is 0 Å². The molecule has 0 atom stereocenters. The summed E-state index contributed by atoms with van der Waals surface area (Å²) in [4.78, 5) is 104. The van der Waals surface area contributed by atoms with Gasteiger partial charge in [-0.3, -0.25) is 73.6 Å². The predicted octanol–water partition coefficient (Wildman–Crippen LogP) is 19.6. The second-order valence-corrected chi connectivity index (χ2v) is 36.1. The van der Waals surface area contributed by atoms with Crippen molar-refractivity contribution in [2.75, 3.05) is 198 Å². The molecule has 0 amide bonds. The summed E-state index contributed by atoms with van der Waals surface area (Å²) < 4.78 is 24.8. The van der Waals surface area contributed by atoms with Crippen LogP contribution in [0.25, 0.3) is 0 Å². The first-order chi connectivity index (χ1) is 57.4. The third kappa shape index (κ3) is 92.3. The molecule has 0 aromatic carbocycles. The number of hydrogen-bond donors (Lipinski definition) is 0. The number of carbonyl (C=O) groups excluding carboxylic acids is 5. The summed E-state index contributed by atoms with van der Waals surface area (Å²) in [6.07, 6.45) is 21.2. The highest BCUT2D eigenvalue weighted by Gasteiger charge is 2.18. The van der Waals surface area contributed by atoms with Crippen LogP contribution in [0.3, 0.4) is 0 Å². The number of ether oxygens (including phenoxy) is 5. The lowest BCUT2D eigenvalue weighted by atomic mass is 10.1. The van der Waals surface area contributed by atoms with Gasteiger partial charge in [-0.05, 0) is 287 Å². The molecule has 121 heavy (non-hydrogen) atoms. The molecule has 0 N–H and O–H groups in total. The van der Waals surface area contributed by atoms with Crippen molar-refractivity contribution in [2.24, 2.45) is 76.4 Å². The molecule has 23 nitrogen and oxygen atoms in total. The number of unbranched alkanes of at least 4 members (excludes halogenated alkanes) is 4. The van der Waals surface area contributed by atoms with Gasteiger partial charge >= 0.3 is 29.8 Å². The maximum absolute atomic E-state index is 11.6. The summed E-state index contributed by atoms with van der Waals surface area (Å²) in [5, 5.41) is 0. The molecule has 0 unspecified atom stereocenters. The molecule has 0 bridgehead atoms. The molecular weight excluding hydrogens is 1520 g/mol. The van der Waals surface area contributed by atoms with E-state index in [4.69, 9.17) is 43.7 Å². The van der Waals surface area contributed by atoms with Crippen molar-refractivity contribution < 1.29 is 47.7 Å². The number of hydrogen-bond acceptors (Lipinski definition) is 23. The summed E-state index contributed by atoms with van der Waals surface area (Å²) in [5.74, 6) is 4.28. The second-order valence-electron chi connectivity index (χ2n) is 36.1. The average Bonchev–Trinajstić information content (AvgIpc) is 0.907. The van der Waals surface area contributed by atoms with Crippen molar-refractivity contribution >= 4 is 69.8 Å². The SMILES string of the molecule is CCOC(=O)CCCCCN(C)CCCN=C(C)CC(C)C.CCOC(=O)CCCCCN(CCN=C(C)CC(C)C)CCN=C(C)CC(C)C.CCOC(=O)CCCN(C)CCCN=C(C)CC(C)C.CCOC(=O)CCCN(CCN=C(C)CC(C)C)CCN=C(C)CC(C)C.CCOC(=O)CCCN1CCN(CCN=C(C)CC(C)C)CC1. The van der Waals surface area contributed by atoms with Crippen LogP contribution in [0, 0.1) is 41.4 Å². The first kappa shape index (κ1) is 122. The predicted molar refractivity (Wildman–Crippen MR) is 520 cm³/mol. The van der Waals surface area contributed by atoms with Gasteiger partial charge in [-0.25, -0.2) is 0 Å². The average molecular weight is 1710 g/mol. The smallest absolute Gasteiger partial charge is 0.305 e. The zero-order valence-electron chi connectivity index (χ0n) is 84.0. The Labute approximate surface area is 744 Å². The van der Waals surface area contributed by atoms with Gasteiger partial charge in [0.2, 0.25) is 0 Å². The summed E-state index contributed by atoms with van der Waals surface area (Å²) in [7, 11) is 4.26. The van der Waals surface area contributed by atoms with Crippen LogP contribution >= 0.6 is 0 Å². The largest absolute Gasteiger partial charge is 0.466 e. The third-order valence-corrected chi connectivity index (χ3v) is 19.5. The lowest BCUT2D eigenvalue weighted by molar-refractivity contribution is -0.144. The van der Waals surface area contributed by atoms with Gasteiger partial charge in [0.15, 0.2) is 0 Å². The monoisotopic (exact) mass is 1710 g/mol. The molecule has 23 heteroatoms. The zero-order valence-corrected chi connectivity index (χ0v) is 84.0. The molecule has 1 fully saturated rings. The van der Waals surface area contributed by atoms with E-state index in [9.17, 15) is 24.0 Å². The first-order valence-corrected chi connectivity index (χ1v) is 47.9. The van der Waals surface area contributed by atoms with E-state index in [0.717, 1.165) is 266 Å². The van der Waals surface area contributed by atoms with Gasteiger partial charge in [0, 0.05) is 144 Å². The van der Waals surface area contributed by atoms with Crippen LogP contribution in [0.5, 0.6) is 0 Å². The Kier molecular flexibility index (Phi) is 85.1. The van der Waals surface area contributed by atoms with Crippen LogP contribution in [-0.4, -0.2) is 297 Å². The fourth-order valence-electron chi connectivity index (χ4n) is 14.0. The van der Waals surface area contributed by atoms with Crippen LogP contribution in [0.4, 0.5) is 0 Å². The fourth-order valence-corrected chi connectivity index (χ4v) is 14.0. The van der Waals surface area contributed by atoms with E-state index >= 15 is 0 Å². The molecule has 1 heterocycles. The van der Waals surface area contributed by atoms with E-state index in [1.54, 1.807) is 0 Å². The molecule has 1 rings (SSSR count). The number of rotatable bonds is 66. The number of carbonyl (C=O) groups is 5. The molecule has 1 saturated heterocycles. The van der Waals surface area contributed by atoms with Crippen LogP contribution in [0.2, 0.25) is 0 Å². The Morgan fingerprint density at radius 2 is 0.471 bits per heavy atom. The molecule has 0 aromatic heterocycles. The minimum atomic E-state index is -0.103. The summed E-state index contributed by atoms with van der Waals surface area (Å²) >= 11 is 0. The lowest BCUT2D eigenvalue weighted by Gasteiger charge is -2.34. The molecule has 1 aliphatic heterocycles. The third-order valence-electron chi connectivity index (χ3n) is 19.5. The van der Waals surface area contributed by atoms with E-state index in [0.29, 0.717) is 107 Å². The summed E-state index contributed by atoms with van der Waals surface area (Å²) in [5.41, 5.74) is 8.75. The van der Waals surface area contributed by atoms with E-state index < -0.39 is 0 Å². The normalized spacial score (nSPS) is 13.7. The highest BCUT2D eigenvalue weighted by atomic mass is 16.5. The molecule has 0 aliphatic carbocycles. The van der Waals surface area contributed by atoms with E-state index in [1.165, 1.54) is 40.0 Å². The van der Waals surface area contributed by atoms with Crippen LogP contribution in [0.1, 0.15) is 328 Å². The quantitative estimate of drug-likeness (QED) is 0.0238. The highest BCUT2D eigenvalue weighted by molar-refractivity contribution is 5.84. The molecule has 0 spiro atoms. The Balaban J connectivity index is -0.000000711. The molecule has 0 aromatic rings. The van der Waals surface area contributed by atoms with E-state index in [2.05, 4.69) is 204 Å². The van der Waals surface area contributed by atoms with Gasteiger partial charge in [-0.2, -0.15) is 0 Å². The Morgan fingerprint density at radius 3 is 0.752 bits per heavy atom. The molecule has 710 valence electrons. The van der Waals surface area contributed by atoms with Crippen LogP contribution < -0.4 is 0 Å². The zero-order chi connectivity index (χ0) is 92.0. The Morgan fingerprint density at radius 1 is 0.256 bits per heavy atom. The van der Waals surface area contributed by atoms with E-state index in [-0.39, 0.29) is 29.8 Å². The maximum atomic E-state index is 11.6. The molecule has 0 saturated carbocycles. The summed E-state index contributed by atoms with van der Waals surface area (Å²) in [6.45, 7) is 80.1. The van der Waals surface area contributed by atoms with Crippen molar-refractivity contribution in [2.45, 2.75) is 328 Å². The number of nitrogens with zero attached hydrogens (tertiary/aromatic N) is 13. The first-order valence-electron chi connectivity index (χ1n) is 47.9. The lowest BCUT2D eigenvalue weighted by Crippen LogP contribution is -2.47. The minimum absolute atomic E-state index is 0.0644. The summed E-state index contributed by atoms with van der Waals surface area (Å²) in [6, 6.07) is 0. The van der Waals surface area contributed by atoms with Crippen molar-refractivity contribution in [3.63, 3.8) is 0 Å². The minimum Gasteiger partial charge on any atom is -0.466 e. The van der Waals surface area contributed by atoms with Gasteiger partial charge < -0.3 is 38.4 Å². The molecular formula is C98H193N13O10. The number of aliphatic imine (C=N–C) groups is 7. The topological polar surface area (TPSA) is 237 Å². The standard InChI is InChI=1S/C24H47N3O2.C22H43N3O2.C18H35N3O2.C18H36N2O2.C16H32N2O2/c1-8-29-24(28)12-10-9-11-15-27(16-13-25-22(6)18-20(2)3)17-14-26-23(7)19-21(4)5;1-8-27-22(26)10-9-13-25(14-11-23-20(6)16-18(2)3)15-12-24-21(7)17-19(4)5;1-5-23-18(22)7-6-9-20-11-13-21(14-12-20)10-8-19-17(4)15-16(2)3;1-6-22-18(21)11-8-7-9-13-20(5)14-10-12-19-17(4)15-16(2)3;1-6-20-16(19)9-7-11-18(5)12-8-10-17-15(4)13-14(2)3/h20-21H,8-19H2,1-7H3;18-19H,8-17H2,1-7H3;16H,5-15H2,1-4H3;16H,6-15H2,1-5H3;14H,6-13H2,1-5H3.